The lowest BCUT2D eigenvalue weighted by molar-refractivity contribution is 0.937. The smallest absolute Gasteiger partial charge is 0.0856 e. The van der Waals surface area contributed by atoms with E-state index in [4.69, 9.17) is 11.6 Å². The Bertz CT molecular complexity index is 244. The Morgan fingerprint density at radius 1 is 1.70 bits per heavy atom. The van der Waals surface area contributed by atoms with Crippen LogP contribution in [-0.2, 0) is 6.42 Å². The van der Waals surface area contributed by atoms with Crippen molar-refractivity contribution in [2.45, 2.75) is 20.3 Å². The second-order valence-corrected chi connectivity index (χ2v) is 3.35. The van der Waals surface area contributed by atoms with Crippen LogP contribution in [0.3, 0.4) is 0 Å². The van der Waals surface area contributed by atoms with E-state index in [1.54, 1.807) is 2.90 Å². The standard InChI is InChI=1S/C6H8ClIN2/c1-3-5-6(7)4(2)9-10(5)8/h3H2,1-2H3. The van der Waals surface area contributed by atoms with E-state index in [1.807, 2.05) is 6.92 Å². The van der Waals surface area contributed by atoms with Gasteiger partial charge in [0, 0.05) is 0 Å². The zero-order valence-corrected chi connectivity index (χ0v) is 8.77. The van der Waals surface area contributed by atoms with Crippen LogP contribution in [0.1, 0.15) is 18.3 Å². The highest BCUT2D eigenvalue weighted by Crippen LogP contribution is 2.21. The first-order valence-corrected chi connectivity index (χ1v) is 4.41. The zero-order valence-electron chi connectivity index (χ0n) is 5.86. The van der Waals surface area contributed by atoms with Crippen molar-refractivity contribution in [1.82, 2.24) is 7.99 Å². The lowest BCUT2D eigenvalue weighted by Gasteiger charge is -1.92. The molecule has 2 nitrogen and oxygen atoms in total. The Kier molecular flexibility index (Phi) is 2.57. The average Bonchev–Trinajstić information content (AvgIpc) is 2.09. The minimum absolute atomic E-state index is 0.803. The number of hydrogen-bond acceptors (Lipinski definition) is 1. The molecule has 10 heavy (non-hydrogen) atoms. The van der Waals surface area contributed by atoms with Crippen molar-refractivity contribution in [2.24, 2.45) is 0 Å². The third kappa shape index (κ3) is 1.29. The predicted molar refractivity (Wildman–Crippen MR) is 50.8 cm³/mol. The molecule has 1 aromatic rings. The summed E-state index contributed by atoms with van der Waals surface area (Å²) in [5.41, 5.74) is 2.01. The summed E-state index contributed by atoms with van der Waals surface area (Å²) in [6.07, 6.45) is 0.933. The molecule has 0 bridgehead atoms. The molecule has 56 valence electrons. The van der Waals surface area contributed by atoms with E-state index >= 15 is 0 Å². The molecule has 0 saturated carbocycles. The molecule has 0 spiro atoms. The Morgan fingerprint density at radius 3 is 2.50 bits per heavy atom. The van der Waals surface area contributed by atoms with Crippen molar-refractivity contribution in [1.29, 1.82) is 0 Å². The summed E-state index contributed by atoms with van der Waals surface area (Å²) in [6, 6.07) is 0. The van der Waals surface area contributed by atoms with Gasteiger partial charge in [0.15, 0.2) is 0 Å². The lowest BCUT2D eigenvalue weighted by atomic mass is 10.3. The summed E-state index contributed by atoms with van der Waals surface area (Å²) in [5, 5.41) is 4.96. The van der Waals surface area contributed by atoms with E-state index in [2.05, 4.69) is 34.9 Å². The minimum Gasteiger partial charge on any atom is -0.207 e. The van der Waals surface area contributed by atoms with Crippen molar-refractivity contribution in [3.63, 3.8) is 0 Å². The second kappa shape index (κ2) is 3.09. The van der Waals surface area contributed by atoms with Crippen molar-refractivity contribution in [3.8, 4) is 0 Å². The van der Waals surface area contributed by atoms with Gasteiger partial charge in [0.1, 0.15) is 0 Å². The second-order valence-electron chi connectivity index (χ2n) is 2.06. The van der Waals surface area contributed by atoms with Gasteiger partial charge in [0.2, 0.25) is 0 Å². The lowest BCUT2D eigenvalue weighted by Crippen LogP contribution is -1.88. The van der Waals surface area contributed by atoms with Gasteiger partial charge in [-0.25, -0.2) is 2.90 Å². The minimum atomic E-state index is 0.803. The van der Waals surface area contributed by atoms with E-state index in [0.29, 0.717) is 0 Å². The molecular formula is C6H8ClIN2. The molecule has 0 amide bonds. The Labute approximate surface area is 79.1 Å². The highest BCUT2D eigenvalue weighted by atomic mass is 127. The van der Waals surface area contributed by atoms with Gasteiger partial charge in [0.25, 0.3) is 0 Å². The van der Waals surface area contributed by atoms with Gasteiger partial charge in [-0.1, -0.05) is 18.5 Å². The van der Waals surface area contributed by atoms with Crippen molar-refractivity contribution < 1.29 is 0 Å². The van der Waals surface area contributed by atoms with E-state index in [0.717, 1.165) is 22.8 Å². The molecule has 0 aliphatic carbocycles. The molecule has 4 heteroatoms. The highest BCUT2D eigenvalue weighted by Gasteiger charge is 2.08. The maximum atomic E-state index is 5.93. The van der Waals surface area contributed by atoms with Crippen molar-refractivity contribution in [2.75, 3.05) is 0 Å². The maximum Gasteiger partial charge on any atom is 0.0856 e. The zero-order chi connectivity index (χ0) is 7.72. The molecule has 1 rings (SSSR count). The molecule has 0 aliphatic rings. The van der Waals surface area contributed by atoms with Gasteiger partial charge in [0.05, 0.1) is 39.3 Å². The molecule has 0 aromatic carbocycles. The molecule has 1 heterocycles. The van der Waals surface area contributed by atoms with Crippen LogP contribution < -0.4 is 0 Å². The van der Waals surface area contributed by atoms with Gasteiger partial charge in [-0.15, -0.1) is 0 Å². The third-order valence-corrected chi connectivity index (χ3v) is 2.66. The molecule has 0 saturated heterocycles. The molecule has 1 aromatic heterocycles. The SMILES string of the molecule is CCc1c(Cl)c(C)nn1I. The van der Waals surface area contributed by atoms with Gasteiger partial charge >= 0.3 is 0 Å². The van der Waals surface area contributed by atoms with Crippen LogP contribution in [0.2, 0.25) is 5.02 Å². The van der Waals surface area contributed by atoms with Crippen LogP contribution in [-0.4, -0.2) is 7.99 Å². The highest BCUT2D eigenvalue weighted by molar-refractivity contribution is 14.1. The van der Waals surface area contributed by atoms with E-state index in [-0.39, 0.29) is 0 Å². The normalized spacial score (nSPS) is 10.4. The Hall–Kier alpha value is 0.230. The average molecular weight is 271 g/mol. The molecule has 0 unspecified atom stereocenters. The fourth-order valence-electron chi connectivity index (χ4n) is 0.811. The van der Waals surface area contributed by atoms with Crippen LogP contribution in [0.15, 0.2) is 0 Å². The molecule has 0 aliphatic heterocycles. The summed E-state index contributed by atoms with van der Waals surface area (Å²) in [4.78, 5) is 0. The largest absolute Gasteiger partial charge is 0.207 e. The van der Waals surface area contributed by atoms with Gasteiger partial charge in [-0.3, -0.25) is 0 Å². The van der Waals surface area contributed by atoms with Crippen molar-refractivity contribution >= 4 is 34.5 Å². The number of halogens is 2. The Morgan fingerprint density at radius 2 is 2.30 bits per heavy atom. The number of nitrogens with zero attached hydrogens (tertiary/aromatic N) is 2. The molecule has 0 N–H and O–H groups in total. The van der Waals surface area contributed by atoms with Gasteiger partial charge in [-0.05, 0) is 13.3 Å². The number of aromatic nitrogens is 2. The molecule has 0 fully saturated rings. The first-order chi connectivity index (χ1) is 4.66. The fraction of sp³-hybridized carbons (Fsp3) is 0.500. The van der Waals surface area contributed by atoms with E-state index in [1.165, 1.54) is 0 Å². The molecule has 0 atom stereocenters. The van der Waals surface area contributed by atoms with Gasteiger partial charge in [-0.2, -0.15) is 5.10 Å². The summed E-state index contributed by atoms with van der Waals surface area (Å²) < 4.78 is 1.80. The Balaban J connectivity index is 3.20. The predicted octanol–water partition coefficient (Wildman–Crippen LogP) is 2.61. The van der Waals surface area contributed by atoms with Crippen LogP contribution in [0.4, 0.5) is 0 Å². The molecule has 0 radical (unpaired) electrons. The fourth-order valence-corrected chi connectivity index (χ4v) is 2.11. The third-order valence-electron chi connectivity index (χ3n) is 1.37. The van der Waals surface area contributed by atoms with Crippen LogP contribution in [0, 0.1) is 6.92 Å². The number of rotatable bonds is 1. The summed E-state index contributed by atoms with van der Waals surface area (Å²) >= 11 is 8.05. The van der Waals surface area contributed by atoms with Crippen LogP contribution in [0.25, 0.3) is 0 Å². The van der Waals surface area contributed by atoms with E-state index < -0.39 is 0 Å². The molecular weight excluding hydrogens is 262 g/mol. The van der Waals surface area contributed by atoms with Crippen LogP contribution >= 0.6 is 34.5 Å². The topological polar surface area (TPSA) is 17.8 Å². The maximum absolute atomic E-state index is 5.93. The monoisotopic (exact) mass is 270 g/mol. The number of aryl methyl sites for hydroxylation is 1. The van der Waals surface area contributed by atoms with Crippen LogP contribution in [0.5, 0.6) is 0 Å². The van der Waals surface area contributed by atoms with Gasteiger partial charge < -0.3 is 0 Å². The summed E-state index contributed by atoms with van der Waals surface area (Å²) in [6.45, 7) is 3.98. The summed E-state index contributed by atoms with van der Waals surface area (Å²) in [5.74, 6) is 0. The summed E-state index contributed by atoms with van der Waals surface area (Å²) in [7, 11) is 0. The quantitative estimate of drug-likeness (QED) is 0.717. The van der Waals surface area contributed by atoms with Crippen molar-refractivity contribution in [3.05, 3.63) is 16.4 Å². The first kappa shape index (κ1) is 8.33. The first-order valence-electron chi connectivity index (χ1n) is 3.07. The number of hydrogen-bond donors (Lipinski definition) is 0. The van der Waals surface area contributed by atoms with E-state index in [9.17, 15) is 0 Å².